The van der Waals surface area contributed by atoms with E-state index in [-0.39, 0.29) is 0 Å². The SMILES string of the molecule is CCC1(CC)CN(c2ccc(C)cc2N)C1. The zero-order valence-electron chi connectivity index (χ0n) is 10.6. The number of hydrogen-bond donors (Lipinski definition) is 1. The van der Waals surface area contributed by atoms with Crippen LogP contribution in [0.25, 0.3) is 0 Å². The summed E-state index contributed by atoms with van der Waals surface area (Å²) in [7, 11) is 0. The van der Waals surface area contributed by atoms with Crippen molar-refractivity contribution < 1.29 is 0 Å². The van der Waals surface area contributed by atoms with Gasteiger partial charge in [-0.15, -0.1) is 0 Å². The monoisotopic (exact) mass is 218 g/mol. The van der Waals surface area contributed by atoms with Gasteiger partial charge < -0.3 is 10.6 Å². The molecule has 2 nitrogen and oxygen atoms in total. The number of anilines is 2. The molecule has 1 saturated heterocycles. The van der Waals surface area contributed by atoms with Gasteiger partial charge in [0.05, 0.1) is 11.4 Å². The molecule has 0 aromatic heterocycles. The molecule has 0 atom stereocenters. The third kappa shape index (κ3) is 1.77. The zero-order chi connectivity index (χ0) is 11.8. The first-order valence-corrected chi connectivity index (χ1v) is 6.21. The molecule has 2 N–H and O–H groups in total. The molecule has 0 saturated carbocycles. The van der Waals surface area contributed by atoms with Gasteiger partial charge in [0.25, 0.3) is 0 Å². The van der Waals surface area contributed by atoms with Crippen molar-refractivity contribution in [2.45, 2.75) is 33.6 Å². The maximum atomic E-state index is 6.06. The second-order valence-corrected chi connectivity index (χ2v) is 5.13. The Kier molecular flexibility index (Phi) is 2.83. The summed E-state index contributed by atoms with van der Waals surface area (Å²) in [4.78, 5) is 2.40. The Hall–Kier alpha value is -1.18. The van der Waals surface area contributed by atoms with E-state index in [0.29, 0.717) is 5.41 Å². The van der Waals surface area contributed by atoms with E-state index < -0.39 is 0 Å². The molecule has 0 unspecified atom stereocenters. The summed E-state index contributed by atoms with van der Waals surface area (Å²) in [5.74, 6) is 0. The van der Waals surface area contributed by atoms with Gasteiger partial charge in [-0.2, -0.15) is 0 Å². The molecule has 1 aromatic rings. The second kappa shape index (κ2) is 4.00. The topological polar surface area (TPSA) is 29.3 Å². The fourth-order valence-corrected chi connectivity index (χ4v) is 2.59. The van der Waals surface area contributed by atoms with Gasteiger partial charge in [0.2, 0.25) is 0 Å². The van der Waals surface area contributed by atoms with Gasteiger partial charge in [-0.1, -0.05) is 19.9 Å². The van der Waals surface area contributed by atoms with Crippen molar-refractivity contribution >= 4 is 11.4 Å². The van der Waals surface area contributed by atoms with E-state index in [1.807, 2.05) is 0 Å². The van der Waals surface area contributed by atoms with Crippen LogP contribution >= 0.6 is 0 Å². The van der Waals surface area contributed by atoms with Crippen molar-refractivity contribution in [1.29, 1.82) is 0 Å². The fraction of sp³-hybridized carbons (Fsp3) is 0.571. The smallest absolute Gasteiger partial charge is 0.0600 e. The van der Waals surface area contributed by atoms with Crippen molar-refractivity contribution in [1.82, 2.24) is 0 Å². The maximum Gasteiger partial charge on any atom is 0.0600 e. The molecule has 16 heavy (non-hydrogen) atoms. The molecule has 0 bridgehead atoms. The molecular formula is C14H22N2. The van der Waals surface area contributed by atoms with Crippen molar-refractivity contribution in [3.63, 3.8) is 0 Å². The first-order valence-electron chi connectivity index (χ1n) is 6.21. The molecule has 0 spiro atoms. The summed E-state index contributed by atoms with van der Waals surface area (Å²) in [5.41, 5.74) is 9.96. The molecule has 2 heteroatoms. The first kappa shape index (κ1) is 11.3. The average Bonchev–Trinajstić information content (AvgIpc) is 2.20. The lowest BCUT2D eigenvalue weighted by molar-refractivity contribution is 0.195. The Labute approximate surface area is 98.4 Å². The Bertz CT molecular complexity index is 372. The Morgan fingerprint density at radius 3 is 2.38 bits per heavy atom. The van der Waals surface area contributed by atoms with Crippen LogP contribution in [0.4, 0.5) is 11.4 Å². The number of nitrogens with two attached hydrogens (primary N) is 1. The van der Waals surface area contributed by atoms with Gasteiger partial charge in [0.1, 0.15) is 0 Å². The molecule has 1 aliphatic heterocycles. The highest BCUT2D eigenvalue weighted by Gasteiger charge is 2.40. The van der Waals surface area contributed by atoms with Gasteiger partial charge in [0, 0.05) is 18.5 Å². The Balaban J connectivity index is 2.12. The minimum absolute atomic E-state index is 0.539. The molecule has 1 aromatic carbocycles. The number of hydrogen-bond acceptors (Lipinski definition) is 2. The second-order valence-electron chi connectivity index (χ2n) is 5.13. The van der Waals surface area contributed by atoms with Crippen LogP contribution in [-0.2, 0) is 0 Å². The van der Waals surface area contributed by atoms with Crippen molar-refractivity contribution in [3.05, 3.63) is 23.8 Å². The molecule has 1 fully saturated rings. The normalized spacial score (nSPS) is 18.3. The van der Waals surface area contributed by atoms with E-state index >= 15 is 0 Å². The molecule has 0 aliphatic carbocycles. The quantitative estimate of drug-likeness (QED) is 0.789. The summed E-state index contributed by atoms with van der Waals surface area (Å²) in [6, 6.07) is 6.36. The number of aryl methyl sites for hydroxylation is 1. The van der Waals surface area contributed by atoms with E-state index in [1.165, 1.54) is 24.1 Å². The lowest BCUT2D eigenvalue weighted by atomic mass is 9.75. The highest BCUT2D eigenvalue weighted by molar-refractivity contribution is 5.69. The highest BCUT2D eigenvalue weighted by atomic mass is 15.2. The van der Waals surface area contributed by atoms with Crippen LogP contribution in [0.5, 0.6) is 0 Å². The van der Waals surface area contributed by atoms with E-state index in [2.05, 4.69) is 43.9 Å². The maximum absolute atomic E-state index is 6.06. The van der Waals surface area contributed by atoms with Crippen LogP contribution in [0.1, 0.15) is 32.3 Å². The largest absolute Gasteiger partial charge is 0.397 e. The predicted octanol–water partition coefficient (Wildman–Crippen LogP) is 3.20. The van der Waals surface area contributed by atoms with Crippen LogP contribution in [0.15, 0.2) is 18.2 Å². The van der Waals surface area contributed by atoms with Gasteiger partial charge in [0.15, 0.2) is 0 Å². The molecule has 1 aliphatic rings. The van der Waals surface area contributed by atoms with Crippen molar-refractivity contribution in [2.75, 3.05) is 23.7 Å². The molecule has 1 heterocycles. The molecule has 0 amide bonds. The third-order valence-electron chi connectivity index (χ3n) is 4.08. The van der Waals surface area contributed by atoms with Crippen LogP contribution in [-0.4, -0.2) is 13.1 Å². The fourth-order valence-electron chi connectivity index (χ4n) is 2.59. The minimum atomic E-state index is 0.539. The molecule has 2 rings (SSSR count). The third-order valence-corrected chi connectivity index (χ3v) is 4.08. The van der Waals surface area contributed by atoms with Crippen LogP contribution < -0.4 is 10.6 Å². The number of nitrogens with zero attached hydrogens (tertiary/aromatic N) is 1. The zero-order valence-corrected chi connectivity index (χ0v) is 10.6. The van der Waals surface area contributed by atoms with Crippen LogP contribution in [0.3, 0.4) is 0 Å². The van der Waals surface area contributed by atoms with E-state index in [9.17, 15) is 0 Å². The first-order chi connectivity index (χ1) is 7.60. The van der Waals surface area contributed by atoms with Gasteiger partial charge in [-0.25, -0.2) is 0 Å². The lowest BCUT2D eigenvalue weighted by Crippen LogP contribution is -2.56. The summed E-state index contributed by atoms with van der Waals surface area (Å²) in [6.07, 6.45) is 2.54. The van der Waals surface area contributed by atoms with Crippen LogP contribution in [0, 0.1) is 12.3 Å². The number of rotatable bonds is 3. The van der Waals surface area contributed by atoms with Gasteiger partial charge in [-0.05, 0) is 37.5 Å². The van der Waals surface area contributed by atoms with Crippen molar-refractivity contribution in [2.24, 2.45) is 5.41 Å². The van der Waals surface area contributed by atoms with E-state index in [1.54, 1.807) is 0 Å². The number of benzene rings is 1. The Morgan fingerprint density at radius 1 is 1.25 bits per heavy atom. The van der Waals surface area contributed by atoms with E-state index in [0.717, 1.165) is 18.8 Å². The van der Waals surface area contributed by atoms with Gasteiger partial charge >= 0.3 is 0 Å². The predicted molar refractivity (Wildman–Crippen MR) is 70.8 cm³/mol. The standard InChI is InChI=1S/C14H22N2/c1-4-14(5-2)9-16(10-14)13-7-6-11(3)8-12(13)15/h6-8H,4-5,9-10,15H2,1-3H3. The van der Waals surface area contributed by atoms with Crippen LogP contribution in [0.2, 0.25) is 0 Å². The van der Waals surface area contributed by atoms with E-state index in [4.69, 9.17) is 5.73 Å². The summed E-state index contributed by atoms with van der Waals surface area (Å²) < 4.78 is 0. The van der Waals surface area contributed by atoms with Crippen molar-refractivity contribution in [3.8, 4) is 0 Å². The summed E-state index contributed by atoms with van der Waals surface area (Å²) >= 11 is 0. The van der Waals surface area contributed by atoms with Gasteiger partial charge in [-0.3, -0.25) is 0 Å². The molecule has 0 radical (unpaired) electrons. The number of nitrogen functional groups attached to an aromatic ring is 1. The highest BCUT2D eigenvalue weighted by Crippen LogP contribution is 2.41. The molecule has 88 valence electrons. The lowest BCUT2D eigenvalue weighted by Gasteiger charge is -2.51. The average molecular weight is 218 g/mol. The summed E-state index contributed by atoms with van der Waals surface area (Å²) in [6.45, 7) is 8.98. The minimum Gasteiger partial charge on any atom is -0.397 e. The molecular weight excluding hydrogens is 196 g/mol. The summed E-state index contributed by atoms with van der Waals surface area (Å²) in [5, 5.41) is 0. The Morgan fingerprint density at radius 2 is 1.88 bits per heavy atom.